The number of thiophene rings is 2. The molecule has 5 heterocycles. The Morgan fingerprint density at radius 1 is 0.750 bits per heavy atom. The van der Waals surface area contributed by atoms with Crippen LogP contribution in [0.2, 0.25) is 0 Å². The van der Waals surface area contributed by atoms with Crippen molar-refractivity contribution >= 4 is 65.2 Å². The van der Waals surface area contributed by atoms with E-state index in [0.717, 1.165) is 11.0 Å². The van der Waals surface area contributed by atoms with Gasteiger partial charge in [0, 0.05) is 36.9 Å². The van der Waals surface area contributed by atoms with Crippen molar-refractivity contribution in [3.63, 3.8) is 0 Å². The maximum atomic E-state index is 6.19. The number of furan rings is 1. The zero-order chi connectivity index (χ0) is 24.0. The van der Waals surface area contributed by atoms with Gasteiger partial charge in [-0.05, 0) is 65.9 Å². The summed E-state index contributed by atoms with van der Waals surface area (Å²) in [6.07, 6.45) is 2.03. The molecule has 0 bridgehead atoms. The zero-order valence-electron chi connectivity index (χ0n) is 19.8. The first-order valence-corrected chi connectivity index (χ1v) is 14.0. The highest BCUT2D eigenvalue weighted by Crippen LogP contribution is 2.55. The van der Waals surface area contributed by atoms with E-state index in [4.69, 9.17) is 4.42 Å². The molecule has 3 aromatic carbocycles. The Bertz CT molecular complexity index is 1790. The molecule has 2 unspecified atom stereocenters. The number of fused-ring (bicyclic) bond motifs is 11. The van der Waals surface area contributed by atoms with Crippen molar-refractivity contribution in [1.29, 1.82) is 0 Å². The molecule has 0 spiro atoms. The maximum absolute atomic E-state index is 6.19. The van der Waals surface area contributed by atoms with E-state index in [1.54, 1.807) is 11.3 Å². The number of rotatable bonds is 1. The third kappa shape index (κ3) is 2.86. The molecule has 6 aromatic rings. The van der Waals surface area contributed by atoms with E-state index < -0.39 is 0 Å². The summed E-state index contributed by atoms with van der Waals surface area (Å²) in [5, 5.41) is 19.1. The molecule has 5 nitrogen and oxygen atoms in total. The second-order valence-corrected chi connectivity index (χ2v) is 11.5. The third-order valence-electron chi connectivity index (χ3n) is 7.44. The number of nitrogens with one attached hydrogen (secondary N) is 3. The molecule has 2 aliphatic heterocycles. The molecule has 3 aromatic heterocycles. The van der Waals surface area contributed by atoms with Gasteiger partial charge in [-0.1, -0.05) is 24.3 Å². The number of hydrogen-bond acceptors (Lipinski definition) is 7. The molecule has 0 amide bonds. The minimum Gasteiger partial charge on any atom is -0.464 e. The molecule has 178 valence electrons. The highest BCUT2D eigenvalue weighted by molar-refractivity contribution is 7.18. The van der Waals surface area contributed by atoms with Crippen LogP contribution in [-0.4, -0.2) is 18.6 Å². The van der Waals surface area contributed by atoms with E-state index in [2.05, 4.69) is 100 Å². The van der Waals surface area contributed by atoms with Gasteiger partial charge in [0.25, 0.3) is 0 Å². The molecule has 2 atom stereocenters. The van der Waals surface area contributed by atoms with Crippen LogP contribution in [0.15, 0.2) is 76.0 Å². The summed E-state index contributed by atoms with van der Waals surface area (Å²) in [6.45, 7) is 4.36. The summed E-state index contributed by atoms with van der Waals surface area (Å²) < 4.78 is 8.77. The Hall–Kier alpha value is -3.20. The van der Waals surface area contributed by atoms with Crippen LogP contribution in [0.5, 0.6) is 0 Å². The normalized spacial score (nSPS) is 21.5. The lowest BCUT2D eigenvalue weighted by Crippen LogP contribution is -2.69. The van der Waals surface area contributed by atoms with E-state index in [1.807, 2.05) is 17.6 Å². The summed E-state index contributed by atoms with van der Waals surface area (Å²) in [4.78, 5) is 2.49. The van der Waals surface area contributed by atoms with Crippen molar-refractivity contribution in [3.05, 3.63) is 71.6 Å². The van der Waals surface area contributed by atoms with E-state index in [-0.39, 0.29) is 18.6 Å². The average molecular weight is 509 g/mol. The van der Waals surface area contributed by atoms with Gasteiger partial charge in [-0.15, -0.1) is 22.7 Å². The summed E-state index contributed by atoms with van der Waals surface area (Å²) in [7, 11) is 0. The van der Waals surface area contributed by atoms with Crippen molar-refractivity contribution in [1.82, 2.24) is 16.0 Å². The van der Waals surface area contributed by atoms with E-state index in [1.165, 1.54) is 53.8 Å². The molecule has 2 aliphatic rings. The van der Waals surface area contributed by atoms with Crippen molar-refractivity contribution in [3.8, 4) is 22.3 Å². The van der Waals surface area contributed by atoms with Crippen LogP contribution < -0.4 is 20.9 Å². The van der Waals surface area contributed by atoms with E-state index in [9.17, 15) is 0 Å². The molecule has 8 rings (SSSR count). The SMILES string of the molecule is CC1NC(C)NC(N2c3ccc4ccsc4c3-c3ccc4ccoc4c3-c3ccc4sccc4c32)N1. The van der Waals surface area contributed by atoms with Gasteiger partial charge in [0.2, 0.25) is 0 Å². The Labute approximate surface area is 216 Å². The molecule has 7 heteroatoms. The summed E-state index contributed by atoms with van der Waals surface area (Å²) in [5.74, 6) is 0. The summed E-state index contributed by atoms with van der Waals surface area (Å²) >= 11 is 3.60. The predicted molar refractivity (Wildman–Crippen MR) is 152 cm³/mol. The van der Waals surface area contributed by atoms with Gasteiger partial charge < -0.3 is 9.32 Å². The first-order valence-electron chi connectivity index (χ1n) is 12.3. The Morgan fingerprint density at radius 2 is 1.56 bits per heavy atom. The van der Waals surface area contributed by atoms with Crippen molar-refractivity contribution in [2.24, 2.45) is 0 Å². The molecule has 0 saturated carbocycles. The monoisotopic (exact) mass is 508 g/mol. The van der Waals surface area contributed by atoms with E-state index >= 15 is 0 Å². The van der Waals surface area contributed by atoms with E-state index in [0.29, 0.717) is 0 Å². The third-order valence-corrected chi connectivity index (χ3v) is 9.27. The van der Waals surface area contributed by atoms with Crippen molar-refractivity contribution < 1.29 is 4.42 Å². The largest absolute Gasteiger partial charge is 0.464 e. The van der Waals surface area contributed by atoms with Crippen LogP contribution in [0.1, 0.15) is 13.8 Å². The number of hydrogen-bond donors (Lipinski definition) is 3. The molecule has 3 N–H and O–H groups in total. The Balaban J connectivity index is 1.57. The van der Waals surface area contributed by atoms with Gasteiger partial charge in [-0.3, -0.25) is 16.0 Å². The summed E-state index contributed by atoms with van der Waals surface area (Å²) in [5.41, 5.74) is 8.19. The minimum absolute atomic E-state index is 0.0990. The zero-order valence-corrected chi connectivity index (χ0v) is 21.5. The lowest BCUT2D eigenvalue weighted by atomic mass is 9.92. The molecule has 1 saturated heterocycles. The second-order valence-electron chi connectivity index (χ2n) is 9.64. The highest BCUT2D eigenvalue weighted by atomic mass is 32.1. The van der Waals surface area contributed by atoms with Crippen LogP contribution in [0, 0.1) is 0 Å². The molecule has 1 fully saturated rings. The first kappa shape index (κ1) is 20.9. The Morgan fingerprint density at radius 3 is 2.44 bits per heavy atom. The molecular weight excluding hydrogens is 484 g/mol. The van der Waals surface area contributed by atoms with Gasteiger partial charge in [0.05, 0.1) is 30.0 Å². The number of nitrogens with zero attached hydrogens (tertiary/aromatic N) is 1. The Kier molecular flexibility index (Phi) is 4.45. The quantitative estimate of drug-likeness (QED) is 0.216. The fourth-order valence-corrected chi connectivity index (χ4v) is 7.76. The second kappa shape index (κ2) is 7.65. The molecule has 0 radical (unpaired) electrons. The van der Waals surface area contributed by atoms with Crippen LogP contribution in [0.3, 0.4) is 0 Å². The first-order chi connectivity index (χ1) is 17.7. The van der Waals surface area contributed by atoms with Crippen molar-refractivity contribution in [2.75, 3.05) is 4.90 Å². The lowest BCUT2D eigenvalue weighted by molar-refractivity contribution is 0.224. The highest BCUT2D eigenvalue weighted by Gasteiger charge is 2.36. The maximum Gasteiger partial charge on any atom is 0.142 e. The lowest BCUT2D eigenvalue weighted by Gasteiger charge is -2.43. The number of benzene rings is 3. The summed E-state index contributed by atoms with van der Waals surface area (Å²) in [6, 6.07) is 20.1. The van der Waals surface area contributed by atoms with Gasteiger partial charge in [-0.2, -0.15) is 0 Å². The minimum atomic E-state index is -0.0990. The van der Waals surface area contributed by atoms with Gasteiger partial charge >= 0.3 is 0 Å². The van der Waals surface area contributed by atoms with Crippen LogP contribution in [-0.2, 0) is 0 Å². The fraction of sp³-hybridized carbons (Fsp3) is 0.172. The van der Waals surface area contributed by atoms with Crippen LogP contribution in [0.4, 0.5) is 11.4 Å². The van der Waals surface area contributed by atoms with Crippen LogP contribution in [0.25, 0.3) is 53.4 Å². The molecule has 0 aliphatic carbocycles. The standard InChI is InChI=1S/C29H24N4OS2/c1-15-30-16(2)32-29(31-15)33-22-7-4-18-10-13-36-28(18)25(22)20-5-3-17-9-12-34-27(17)24(20)21-6-8-23-19(26(21)33)11-14-35-23/h3-16,29-32H,1-2H3. The van der Waals surface area contributed by atoms with Crippen molar-refractivity contribution in [2.45, 2.75) is 32.5 Å². The topological polar surface area (TPSA) is 52.5 Å². The predicted octanol–water partition coefficient (Wildman–Crippen LogP) is 7.41. The smallest absolute Gasteiger partial charge is 0.142 e. The molecule has 36 heavy (non-hydrogen) atoms. The number of anilines is 2. The average Bonchev–Trinajstić information content (AvgIpc) is 3.62. The van der Waals surface area contributed by atoms with Gasteiger partial charge in [0.15, 0.2) is 0 Å². The van der Waals surface area contributed by atoms with Gasteiger partial charge in [-0.25, -0.2) is 0 Å². The van der Waals surface area contributed by atoms with Gasteiger partial charge in [0.1, 0.15) is 11.9 Å². The molecular formula is C29H24N4OS2. The fourth-order valence-electron chi connectivity index (χ4n) is 6.01. The van der Waals surface area contributed by atoms with Crippen LogP contribution >= 0.6 is 22.7 Å².